The number of fused-ring (bicyclic) bond motifs is 1. The number of amides is 2. The van der Waals surface area contributed by atoms with Crippen molar-refractivity contribution in [3.63, 3.8) is 0 Å². The topological polar surface area (TPSA) is 52.7 Å². The van der Waals surface area contributed by atoms with Crippen LogP contribution >= 0.6 is 12.4 Å². The Balaban J connectivity index is 0.00000192. The summed E-state index contributed by atoms with van der Waals surface area (Å²) in [5, 5.41) is 3.41. The van der Waals surface area contributed by atoms with Crippen molar-refractivity contribution in [2.24, 2.45) is 23.2 Å². The molecule has 5 nitrogen and oxygen atoms in total. The Kier molecular flexibility index (Phi) is 5.62. The predicted molar refractivity (Wildman–Crippen MR) is 92.4 cm³/mol. The first-order valence-electron chi connectivity index (χ1n) is 8.65. The van der Waals surface area contributed by atoms with Gasteiger partial charge in [0.2, 0.25) is 11.8 Å². The molecule has 6 heteroatoms. The van der Waals surface area contributed by atoms with Crippen molar-refractivity contribution in [1.82, 2.24) is 15.1 Å². The molecule has 3 aliphatic heterocycles. The number of carbonyl (C=O) groups is 2. The number of piperidine rings is 1. The maximum atomic E-state index is 12.8. The third-order valence-electron chi connectivity index (χ3n) is 5.40. The van der Waals surface area contributed by atoms with E-state index in [1.54, 1.807) is 0 Å². The first-order chi connectivity index (χ1) is 10.4. The number of hydrogen-bond acceptors (Lipinski definition) is 3. The Labute approximate surface area is 145 Å². The molecule has 3 rings (SSSR count). The van der Waals surface area contributed by atoms with Crippen molar-refractivity contribution in [2.45, 2.75) is 33.6 Å². The summed E-state index contributed by atoms with van der Waals surface area (Å²) in [6.07, 6.45) is 1.87. The molecule has 3 fully saturated rings. The second-order valence-corrected chi connectivity index (χ2v) is 8.26. The molecule has 2 amide bonds. The van der Waals surface area contributed by atoms with Crippen LogP contribution in [0.25, 0.3) is 0 Å². The van der Waals surface area contributed by atoms with Gasteiger partial charge in [-0.25, -0.2) is 0 Å². The Morgan fingerprint density at radius 2 is 1.61 bits per heavy atom. The van der Waals surface area contributed by atoms with E-state index in [1.165, 1.54) is 0 Å². The minimum absolute atomic E-state index is 0. The van der Waals surface area contributed by atoms with E-state index in [-0.39, 0.29) is 35.6 Å². The fourth-order valence-corrected chi connectivity index (χ4v) is 4.13. The first kappa shape index (κ1) is 18.5. The van der Waals surface area contributed by atoms with Gasteiger partial charge in [-0.15, -0.1) is 12.4 Å². The third-order valence-corrected chi connectivity index (χ3v) is 5.40. The zero-order valence-corrected chi connectivity index (χ0v) is 15.3. The highest BCUT2D eigenvalue weighted by Gasteiger charge is 2.41. The summed E-state index contributed by atoms with van der Waals surface area (Å²) in [4.78, 5) is 29.2. The highest BCUT2D eigenvalue weighted by molar-refractivity contribution is 5.85. The van der Waals surface area contributed by atoms with Crippen LogP contribution in [0.2, 0.25) is 0 Å². The number of halogens is 1. The van der Waals surface area contributed by atoms with Crippen molar-refractivity contribution in [3.8, 4) is 0 Å². The standard InChI is InChI=1S/C17H29N3O2.ClH/c1-17(2,3)16(22)19-6-4-5-12(9-19)15(21)20-10-13-7-18-8-14(13)11-20;/h12-14,18H,4-11H2,1-3H3;1H/t12?,13-,14+;. The van der Waals surface area contributed by atoms with E-state index in [1.807, 2.05) is 25.7 Å². The molecule has 132 valence electrons. The van der Waals surface area contributed by atoms with Gasteiger partial charge in [-0.2, -0.15) is 0 Å². The van der Waals surface area contributed by atoms with Gasteiger partial charge in [0.1, 0.15) is 0 Å². The fraction of sp³-hybridized carbons (Fsp3) is 0.882. The molecule has 1 N–H and O–H groups in total. The van der Waals surface area contributed by atoms with Crippen molar-refractivity contribution in [3.05, 3.63) is 0 Å². The molecule has 0 aromatic heterocycles. The van der Waals surface area contributed by atoms with E-state index < -0.39 is 0 Å². The van der Waals surface area contributed by atoms with Crippen LogP contribution in [0.3, 0.4) is 0 Å². The molecule has 0 bridgehead atoms. The van der Waals surface area contributed by atoms with E-state index in [2.05, 4.69) is 10.2 Å². The van der Waals surface area contributed by atoms with Gasteiger partial charge >= 0.3 is 0 Å². The number of likely N-dealkylation sites (tertiary alicyclic amines) is 2. The van der Waals surface area contributed by atoms with Crippen LogP contribution in [0, 0.1) is 23.2 Å². The van der Waals surface area contributed by atoms with Gasteiger partial charge in [-0.3, -0.25) is 9.59 Å². The van der Waals surface area contributed by atoms with E-state index in [4.69, 9.17) is 0 Å². The summed E-state index contributed by atoms with van der Waals surface area (Å²) in [7, 11) is 0. The average molecular weight is 344 g/mol. The number of hydrogen-bond donors (Lipinski definition) is 1. The van der Waals surface area contributed by atoms with E-state index >= 15 is 0 Å². The van der Waals surface area contributed by atoms with Crippen molar-refractivity contribution in [2.75, 3.05) is 39.3 Å². The van der Waals surface area contributed by atoms with Gasteiger partial charge in [0.05, 0.1) is 5.92 Å². The molecule has 0 aliphatic carbocycles. The molecule has 3 saturated heterocycles. The number of rotatable bonds is 1. The second kappa shape index (κ2) is 6.98. The van der Waals surface area contributed by atoms with Crippen LogP contribution in [-0.2, 0) is 9.59 Å². The summed E-state index contributed by atoms with van der Waals surface area (Å²) >= 11 is 0. The third kappa shape index (κ3) is 3.82. The zero-order chi connectivity index (χ0) is 15.9. The molecule has 0 aromatic carbocycles. The van der Waals surface area contributed by atoms with Crippen molar-refractivity contribution < 1.29 is 9.59 Å². The van der Waals surface area contributed by atoms with Crippen LogP contribution < -0.4 is 5.32 Å². The van der Waals surface area contributed by atoms with Crippen LogP contribution in [0.1, 0.15) is 33.6 Å². The lowest BCUT2D eigenvalue weighted by atomic mass is 9.90. The minimum atomic E-state index is -0.360. The van der Waals surface area contributed by atoms with Gasteiger partial charge < -0.3 is 15.1 Å². The monoisotopic (exact) mass is 343 g/mol. The van der Waals surface area contributed by atoms with Gasteiger partial charge in [-0.1, -0.05) is 20.8 Å². The quantitative estimate of drug-likeness (QED) is 0.782. The molecule has 0 spiro atoms. The Morgan fingerprint density at radius 3 is 2.17 bits per heavy atom. The SMILES string of the molecule is CC(C)(C)C(=O)N1CCCC(C(=O)N2C[C@H]3CNC[C@H]3C2)C1.Cl. The van der Waals surface area contributed by atoms with Crippen molar-refractivity contribution >= 4 is 24.2 Å². The Bertz CT molecular complexity index is 451. The maximum Gasteiger partial charge on any atom is 0.227 e. The summed E-state index contributed by atoms with van der Waals surface area (Å²) in [5.41, 5.74) is -0.360. The highest BCUT2D eigenvalue weighted by Crippen LogP contribution is 2.30. The molecule has 0 aromatic rings. The Hall–Kier alpha value is -0.810. The zero-order valence-electron chi connectivity index (χ0n) is 14.5. The molecule has 0 saturated carbocycles. The number of carbonyl (C=O) groups excluding carboxylic acids is 2. The molecular formula is C17H30ClN3O2. The second-order valence-electron chi connectivity index (χ2n) is 8.26. The lowest BCUT2D eigenvalue weighted by Crippen LogP contribution is -2.49. The highest BCUT2D eigenvalue weighted by atomic mass is 35.5. The fourth-order valence-electron chi connectivity index (χ4n) is 4.13. The summed E-state index contributed by atoms with van der Waals surface area (Å²) < 4.78 is 0. The Morgan fingerprint density at radius 1 is 1.00 bits per heavy atom. The van der Waals surface area contributed by atoms with E-state index in [9.17, 15) is 9.59 Å². The molecule has 3 heterocycles. The molecule has 23 heavy (non-hydrogen) atoms. The van der Waals surface area contributed by atoms with Gasteiger partial charge in [0.15, 0.2) is 0 Å². The van der Waals surface area contributed by atoms with Crippen molar-refractivity contribution in [1.29, 1.82) is 0 Å². The summed E-state index contributed by atoms with van der Waals surface area (Å²) in [5.74, 6) is 1.74. The summed E-state index contributed by atoms with van der Waals surface area (Å²) in [6, 6.07) is 0. The predicted octanol–water partition coefficient (Wildman–Crippen LogP) is 1.37. The van der Waals surface area contributed by atoms with E-state index in [0.29, 0.717) is 18.4 Å². The molecule has 3 aliphatic rings. The number of nitrogens with zero attached hydrogens (tertiary/aromatic N) is 2. The van der Waals surface area contributed by atoms with Gasteiger partial charge in [0.25, 0.3) is 0 Å². The van der Waals surface area contributed by atoms with Gasteiger partial charge in [0, 0.05) is 44.7 Å². The normalized spacial score (nSPS) is 30.8. The minimum Gasteiger partial charge on any atom is -0.342 e. The summed E-state index contributed by atoms with van der Waals surface area (Å²) in [6.45, 7) is 11.2. The molecule has 1 unspecified atom stereocenters. The van der Waals surface area contributed by atoms with E-state index in [0.717, 1.165) is 45.6 Å². The average Bonchev–Trinajstić information content (AvgIpc) is 3.06. The molecule has 3 atom stereocenters. The largest absolute Gasteiger partial charge is 0.342 e. The lowest BCUT2D eigenvalue weighted by molar-refractivity contribution is -0.145. The maximum absolute atomic E-state index is 12.8. The first-order valence-corrected chi connectivity index (χ1v) is 8.65. The van der Waals surface area contributed by atoms with Crippen LogP contribution in [0.5, 0.6) is 0 Å². The van der Waals surface area contributed by atoms with Crippen LogP contribution in [0.4, 0.5) is 0 Å². The van der Waals surface area contributed by atoms with Gasteiger partial charge in [-0.05, 0) is 24.7 Å². The molecule has 0 radical (unpaired) electrons. The van der Waals surface area contributed by atoms with Crippen LogP contribution in [0.15, 0.2) is 0 Å². The lowest BCUT2D eigenvalue weighted by Gasteiger charge is -2.37. The van der Waals surface area contributed by atoms with Crippen LogP contribution in [-0.4, -0.2) is 60.9 Å². The molecular weight excluding hydrogens is 314 g/mol. The smallest absolute Gasteiger partial charge is 0.227 e. The number of nitrogens with one attached hydrogen (secondary N) is 1.